The first kappa shape index (κ1) is 14.2. The van der Waals surface area contributed by atoms with Crippen LogP contribution in [0.2, 0.25) is 0 Å². The van der Waals surface area contributed by atoms with E-state index in [4.69, 9.17) is 0 Å². The van der Waals surface area contributed by atoms with Gasteiger partial charge in [-0.15, -0.1) is 0 Å². The van der Waals surface area contributed by atoms with E-state index in [2.05, 4.69) is 4.40 Å². The molecule has 0 aliphatic rings. The van der Waals surface area contributed by atoms with Gasteiger partial charge in [-0.1, -0.05) is 17.4 Å². The lowest BCUT2D eigenvalue weighted by atomic mass is 10.1. The highest BCUT2D eigenvalue weighted by molar-refractivity contribution is 7.91. The van der Waals surface area contributed by atoms with Crippen LogP contribution in [-0.4, -0.2) is 15.5 Å². The maximum atomic E-state index is 13.5. The van der Waals surface area contributed by atoms with Gasteiger partial charge in [-0.05, 0) is 44.9 Å². The number of halogens is 1. The maximum absolute atomic E-state index is 13.5. The molecule has 1 rings (SSSR count). The molecule has 1 unspecified atom stereocenters. The van der Waals surface area contributed by atoms with E-state index in [0.717, 1.165) is 12.0 Å². The van der Waals surface area contributed by atoms with Crippen LogP contribution in [0.15, 0.2) is 22.6 Å². The van der Waals surface area contributed by atoms with E-state index in [0.29, 0.717) is 5.56 Å². The fraction of sp³-hybridized carbons (Fsp3) is 0.462. The second-order valence-corrected chi connectivity index (χ2v) is 6.74. The molecule has 1 atom stereocenters. The summed E-state index contributed by atoms with van der Waals surface area (Å²) in [5.41, 5.74) is 1.43. The van der Waals surface area contributed by atoms with Gasteiger partial charge in [0.15, 0.2) is 0 Å². The minimum Gasteiger partial charge on any atom is -0.591 e. The van der Waals surface area contributed by atoms with Crippen molar-refractivity contribution in [3.05, 3.63) is 35.1 Å². The van der Waals surface area contributed by atoms with Crippen molar-refractivity contribution >= 4 is 17.6 Å². The van der Waals surface area contributed by atoms with Crippen LogP contribution in [0.5, 0.6) is 0 Å². The van der Waals surface area contributed by atoms with Crippen molar-refractivity contribution in [2.75, 3.05) is 0 Å². The van der Waals surface area contributed by atoms with Gasteiger partial charge < -0.3 is 4.55 Å². The molecular weight excluding hydrogens is 237 g/mol. The fourth-order valence-electron chi connectivity index (χ4n) is 1.17. The zero-order valence-electron chi connectivity index (χ0n) is 10.7. The van der Waals surface area contributed by atoms with Crippen molar-refractivity contribution in [3.63, 3.8) is 0 Å². The van der Waals surface area contributed by atoms with Crippen molar-refractivity contribution in [1.29, 1.82) is 0 Å². The Hall–Kier alpha value is -0.870. The van der Waals surface area contributed by atoms with Gasteiger partial charge in [0.05, 0.1) is 6.21 Å². The molecule has 1 aromatic carbocycles. The van der Waals surface area contributed by atoms with Gasteiger partial charge in [-0.25, -0.2) is 4.39 Å². The van der Waals surface area contributed by atoms with Crippen molar-refractivity contribution in [2.45, 2.75) is 38.9 Å². The summed E-state index contributed by atoms with van der Waals surface area (Å²) in [5, 5.41) is 0. The molecule has 0 spiro atoms. The van der Waals surface area contributed by atoms with Crippen LogP contribution in [-0.2, 0) is 17.8 Å². The minimum absolute atomic E-state index is 0.336. The third kappa shape index (κ3) is 4.13. The summed E-state index contributed by atoms with van der Waals surface area (Å²) in [6.45, 7) is 7.50. The summed E-state index contributed by atoms with van der Waals surface area (Å²) in [7, 11) is 0. The lowest BCUT2D eigenvalue weighted by Crippen LogP contribution is -2.25. The number of aryl methyl sites for hydroxylation is 1. The average Bonchev–Trinajstić information content (AvgIpc) is 2.26. The van der Waals surface area contributed by atoms with Gasteiger partial charge in [0.2, 0.25) is 0 Å². The predicted octanol–water partition coefficient (Wildman–Crippen LogP) is 3.27. The molecule has 2 nitrogen and oxygen atoms in total. The van der Waals surface area contributed by atoms with Gasteiger partial charge in [0, 0.05) is 5.56 Å². The topological polar surface area (TPSA) is 35.4 Å². The Morgan fingerprint density at radius 3 is 2.59 bits per heavy atom. The third-order valence-corrected chi connectivity index (χ3v) is 3.62. The Labute approximate surface area is 105 Å². The third-order valence-electron chi connectivity index (χ3n) is 2.28. The lowest BCUT2D eigenvalue weighted by molar-refractivity contribution is 0.561. The van der Waals surface area contributed by atoms with Crippen LogP contribution in [0.25, 0.3) is 0 Å². The molecule has 0 radical (unpaired) electrons. The number of nitrogens with zero attached hydrogens (tertiary/aromatic N) is 1. The molecule has 0 N–H and O–H groups in total. The van der Waals surface area contributed by atoms with Crippen LogP contribution in [0.1, 0.15) is 38.8 Å². The molecule has 94 valence electrons. The van der Waals surface area contributed by atoms with E-state index in [1.54, 1.807) is 12.1 Å². The Morgan fingerprint density at radius 2 is 2.06 bits per heavy atom. The SMILES string of the molecule is CCc1ccc(F)c(C=N[S+]([O-])C(C)(C)C)c1. The first-order valence-corrected chi connectivity index (χ1v) is 6.69. The molecule has 0 aromatic heterocycles. The quantitative estimate of drug-likeness (QED) is 0.603. The normalized spacial score (nSPS) is 14.2. The van der Waals surface area contributed by atoms with Crippen LogP contribution in [0.3, 0.4) is 0 Å². The second kappa shape index (κ2) is 5.65. The van der Waals surface area contributed by atoms with E-state index < -0.39 is 16.1 Å². The number of rotatable bonds is 3. The molecule has 1 aromatic rings. The Morgan fingerprint density at radius 1 is 1.41 bits per heavy atom. The van der Waals surface area contributed by atoms with E-state index in [1.165, 1.54) is 12.3 Å². The average molecular weight is 255 g/mol. The van der Waals surface area contributed by atoms with Gasteiger partial charge in [0.1, 0.15) is 21.9 Å². The zero-order valence-corrected chi connectivity index (χ0v) is 11.5. The van der Waals surface area contributed by atoms with Gasteiger partial charge in [0.25, 0.3) is 0 Å². The van der Waals surface area contributed by atoms with E-state index >= 15 is 0 Å². The highest BCUT2D eigenvalue weighted by Crippen LogP contribution is 2.17. The molecule has 0 heterocycles. The Bertz CT molecular complexity index is 412. The minimum atomic E-state index is -1.35. The summed E-state index contributed by atoms with van der Waals surface area (Å²) in [6, 6.07) is 4.90. The summed E-state index contributed by atoms with van der Waals surface area (Å²) < 4.78 is 28.6. The molecule has 0 aliphatic carbocycles. The molecule has 0 saturated heterocycles. The van der Waals surface area contributed by atoms with Crippen molar-refractivity contribution < 1.29 is 8.94 Å². The molecular formula is C13H18FNOS. The van der Waals surface area contributed by atoms with Crippen LogP contribution < -0.4 is 0 Å². The van der Waals surface area contributed by atoms with E-state index in [9.17, 15) is 8.94 Å². The molecule has 0 saturated carbocycles. The van der Waals surface area contributed by atoms with Crippen molar-refractivity contribution in [2.24, 2.45) is 4.40 Å². The first-order valence-electron chi connectivity index (χ1n) is 5.59. The standard InChI is InChI=1S/C13H18FNOS/c1-5-10-6-7-12(14)11(8-10)9-15-17(16)13(2,3)4/h6-9H,5H2,1-4H3. The van der Waals surface area contributed by atoms with E-state index in [1.807, 2.05) is 27.7 Å². The number of benzene rings is 1. The smallest absolute Gasteiger partial charge is 0.144 e. The van der Waals surface area contributed by atoms with E-state index in [-0.39, 0.29) is 5.82 Å². The lowest BCUT2D eigenvalue weighted by Gasteiger charge is -2.17. The first-order chi connectivity index (χ1) is 7.84. The zero-order chi connectivity index (χ0) is 13.1. The van der Waals surface area contributed by atoms with Gasteiger partial charge >= 0.3 is 0 Å². The monoisotopic (exact) mass is 255 g/mol. The summed E-state index contributed by atoms with van der Waals surface area (Å²) in [6.07, 6.45) is 2.19. The highest BCUT2D eigenvalue weighted by atomic mass is 32.2. The van der Waals surface area contributed by atoms with Crippen molar-refractivity contribution in [1.82, 2.24) is 0 Å². The summed E-state index contributed by atoms with van der Waals surface area (Å²) in [5.74, 6) is -0.336. The van der Waals surface area contributed by atoms with Gasteiger partial charge in [-0.3, -0.25) is 0 Å². The van der Waals surface area contributed by atoms with Crippen LogP contribution in [0.4, 0.5) is 4.39 Å². The van der Waals surface area contributed by atoms with Crippen LogP contribution in [0, 0.1) is 5.82 Å². The largest absolute Gasteiger partial charge is 0.591 e. The van der Waals surface area contributed by atoms with Gasteiger partial charge in [-0.2, -0.15) is 0 Å². The summed E-state index contributed by atoms with van der Waals surface area (Å²) >= 11 is -1.35. The molecule has 0 fully saturated rings. The number of hydrogen-bond donors (Lipinski definition) is 0. The molecule has 17 heavy (non-hydrogen) atoms. The molecule has 0 bridgehead atoms. The second-order valence-electron chi connectivity index (χ2n) is 4.81. The number of hydrogen-bond acceptors (Lipinski definition) is 2. The van der Waals surface area contributed by atoms with Crippen molar-refractivity contribution in [3.8, 4) is 0 Å². The van der Waals surface area contributed by atoms with Crippen LogP contribution >= 0.6 is 0 Å². The fourth-order valence-corrected chi connectivity index (χ4v) is 1.70. The molecule has 0 aliphatic heterocycles. The maximum Gasteiger partial charge on any atom is 0.144 e. The Balaban J connectivity index is 2.91. The Kier molecular flexibility index (Phi) is 4.71. The predicted molar refractivity (Wildman–Crippen MR) is 71.3 cm³/mol. The highest BCUT2D eigenvalue weighted by Gasteiger charge is 2.25. The molecule has 0 amide bonds. The molecule has 4 heteroatoms. The summed E-state index contributed by atoms with van der Waals surface area (Å²) in [4.78, 5) is 0.